The number of pyridine rings is 2. The lowest BCUT2D eigenvalue weighted by molar-refractivity contribution is 0.0911. The van der Waals surface area contributed by atoms with Crippen LogP contribution in [0.1, 0.15) is 65.5 Å². The molecule has 5 N–H and O–H groups in total. The number of aliphatic hydroxyl groups is 1. The Labute approximate surface area is 229 Å². The van der Waals surface area contributed by atoms with Crippen LogP contribution < -0.4 is 26.0 Å². The van der Waals surface area contributed by atoms with Gasteiger partial charge in [-0.25, -0.2) is 15.0 Å². The molecule has 0 radical (unpaired) electrons. The first kappa shape index (κ1) is 28.3. The molecule has 3 aromatic rings. The van der Waals surface area contributed by atoms with Crippen molar-refractivity contribution in [2.75, 3.05) is 30.4 Å². The minimum absolute atomic E-state index is 0.134. The normalized spacial score (nSPS) is 14.0. The number of anilines is 2. The first-order valence-electron chi connectivity index (χ1n) is 13.5. The van der Waals surface area contributed by atoms with E-state index in [1.165, 1.54) is 12.8 Å². The van der Waals surface area contributed by atoms with Gasteiger partial charge in [-0.1, -0.05) is 0 Å². The number of nitrogens with zero attached hydrogens (tertiary/aromatic N) is 4. The average Bonchev–Trinajstić information content (AvgIpc) is 3.35. The molecule has 1 amide bonds. The summed E-state index contributed by atoms with van der Waals surface area (Å²) < 4.78 is 11.0. The first-order chi connectivity index (χ1) is 18.9. The van der Waals surface area contributed by atoms with Gasteiger partial charge in [0.2, 0.25) is 5.88 Å². The maximum Gasteiger partial charge on any atom is 0.251 e. The predicted molar refractivity (Wildman–Crippen MR) is 149 cm³/mol. The number of aryl methyl sites for hydroxylation is 2. The molecule has 0 bridgehead atoms. The number of amides is 1. The fourth-order valence-corrected chi connectivity index (χ4v) is 4.18. The SMILES string of the molecule is CCN(C)c1cc(C(=O)NC[C@@H](O)CCc2cnc(OCc3ocnc3C)cc2CN)cc(NC2CCC2)n1. The van der Waals surface area contributed by atoms with E-state index in [0.29, 0.717) is 48.4 Å². The van der Waals surface area contributed by atoms with E-state index in [1.807, 2.05) is 25.8 Å². The number of carbonyl (C=O) groups is 1. The van der Waals surface area contributed by atoms with Crippen LogP contribution in [0.3, 0.4) is 0 Å². The van der Waals surface area contributed by atoms with Gasteiger partial charge in [0.1, 0.15) is 18.2 Å². The molecular formula is C28H39N7O4. The van der Waals surface area contributed by atoms with Crippen LogP contribution in [0.4, 0.5) is 11.6 Å². The smallest absolute Gasteiger partial charge is 0.251 e. The summed E-state index contributed by atoms with van der Waals surface area (Å²) in [6.45, 7) is 5.34. The quantitative estimate of drug-likeness (QED) is 0.241. The van der Waals surface area contributed by atoms with Crippen molar-refractivity contribution in [1.29, 1.82) is 0 Å². The van der Waals surface area contributed by atoms with E-state index < -0.39 is 6.10 Å². The Morgan fingerprint density at radius 1 is 1.28 bits per heavy atom. The van der Waals surface area contributed by atoms with E-state index in [-0.39, 0.29) is 19.1 Å². The summed E-state index contributed by atoms with van der Waals surface area (Å²) in [5, 5.41) is 16.9. The monoisotopic (exact) mass is 537 g/mol. The van der Waals surface area contributed by atoms with Crippen molar-refractivity contribution < 1.29 is 19.1 Å². The largest absolute Gasteiger partial charge is 0.469 e. The Kier molecular flexibility index (Phi) is 9.72. The summed E-state index contributed by atoms with van der Waals surface area (Å²) in [7, 11) is 1.95. The molecule has 1 fully saturated rings. The van der Waals surface area contributed by atoms with Gasteiger partial charge in [0, 0.05) is 50.6 Å². The van der Waals surface area contributed by atoms with Crippen molar-refractivity contribution in [3.63, 3.8) is 0 Å². The number of hydrogen-bond donors (Lipinski definition) is 4. The third-order valence-electron chi connectivity index (χ3n) is 7.12. The van der Waals surface area contributed by atoms with Crippen molar-refractivity contribution in [3.8, 4) is 5.88 Å². The Hall–Kier alpha value is -3.70. The second-order valence-electron chi connectivity index (χ2n) is 9.93. The summed E-state index contributed by atoms with van der Waals surface area (Å²) in [5.41, 5.74) is 9.06. The third kappa shape index (κ3) is 7.67. The van der Waals surface area contributed by atoms with Gasteiger partial charge < -0.3 is 35.5 Å². The van der Waals surface area contributed by atoms with Gasteiger partial charge in [0.25, 0.3) is 5.91 Å². The van der Waals surface area contributed by atoms with Crippen molar-refractivity contribution in [2.45, 2.75) is 71.2 Å². The standard InChI is InChI=1S/C28H39N7O4/c1-4-35(3)26-11-20(10-25(34-26)33-22-6-5-7-22)28(37)31-15-23(36)9-8-19-14-30-27(12-21(19)13-29)38-16-24-18(2)32-17-39-24/h10-12,14,17,22-23,36H,4-9,13,15-16,29H2,1-3H3,(H,31,37)(H,33,34)/t23-/m0/s1. The minimum atomic E-state index is -0.725. The van der Waals surface area contributed by atoms with E-state index in [1.54, 1.807) is 24.4 Å². The molecule has 0 unspecified atom stereocenters. The lowest BCUT2D eigenvalue weighted by Crippen LogP contribution is -2.33. The summed E-state index contributed by atoms with van der Waals surface area (Å²) in [4.78, 5) is 28.0. The Balaban J connectivity index is 1.30. The van der Waals surface area contributed by atoms with E-state index >= 15 is 0 Å². The molecule has 3 aromatic heterocycles. The summed E-state index contributed by atoms with van der Waals surface area (Å²) >= 11 is 0. The van der Waals surface area contributed by atoms with Gasteiger partial charge in [-0.2, -0.15) is 0 Å². The van der Waals surface area contributed by atoms with Gasteiger partial charge in [0.15, 0.2) is 12.2 Å². The number of carbonyl (C=O) groups excluding carboxylic acids is 1. The Morgan fingerprint density at radius 2 is 2.10 bits per heavy atom. The van der Waals surface area contributed by atoms with Gasteiger partial charge in [-0.3, -0.25) is 4.79 Å². The van der Waals surface area contributed by atoms with Crippen LogP contribution in [-0.2, 0) is 19.6 Å². The maximum absolute atomic E-state index is 13.0. The van der Waals surface area contributed by atoms with Crippen LogP contribution in [0.5, 0.6) is 5.88 Å². The number of ether oxygens (including phenoxy) is 1. The van der Waals surface area contributed by atoms with Crippen molar-refractivity contribution >= 4 is 17.5 Å². The number of nitrogens with one attached hydrogen (secondary N) is 2. The van der Waals surface area contributed by atoms with E-state index in [9.17, 15) is 9.90 Å². The van der Waals surface area contributed by atoms with Gasteiger partial charge in [0.05, 0.1) is 11.8 Å². The predicted octanol–water partition coefficient (Wildman–Crippen LogP) is 2.95. The molecule has 0 aliphatic heterocycles. The number of rotatable bonds is 14. The van der Waals surface area contributed by atoms with Crippen LogP contribution in [-0.4, -0.2) is 58.2 Å². The number of nitrogens with two attached hydrogens (primary N) is 1. The van der Waals surface area contributed by atoms with Crippen LogP contribution in [0.15, 0.2) is 35.2 Å². The topological polar surface area (TPSA) is 152 Å². The lowest BCUT2D eigenvalue weighted by Gasteiger charge is -2.28. The molecule has 3 heterocycles. The summed E-state index contributed by atoms with van der Waals surface area (Å²) in [6, 6.07) is 5.77. The van der Waals surface area contributed by atoms with E-state index in [2.05, 4.69) is 25.6 Å². The fourth-order valence-electron chi connectivity index (χ4n) is 4.18. The Morgan fingerprint density at radius 3 is 2.77 bits per heavy atom. The van der Waals surface area contributed by atoms with E-state index in [0.717, 1.165) is 42.0 Å². The lowest BCUT2D eigenvalue weighted by atomic mass is 9.93. The highest BCUT2D eigenvalue weighted by Crippen LogP contribution is 2.25. The van der Waals surface area contributed by atoms with Gasteiger partial charge in [-0.05, 0) is 69.2 Å². The molecule has 1 aliphatic rings. The number of aliphatic hydroxyl groups excluding tert-OH is 1. The van der Waals surface area contributed by atoms with Crippen LogP contribution >= 0.6 is 0 Å². The molecule has 39 heavy (non-hydrogen) atoms. The summed E-state index contributed by atoms with van der Waals surface area (Å²) in [6.07, 6.45) is 6.82. The maximum atomic E-state index is 13.0. The zero-order valence-electron chi connectivity index (χ0n) is 22.9. The molecule has 210 valence electrons. The molecule has 11 heteroatoms. The molecule has 1 saturated carbocycles. The van der Waals surface area contributed by atoms with Crippen molar-refractivity contribution in [2.24, 2.45) is 5.73 Å². The van der Waals surface area contributed by atoms with E-state index in [4.69, 9.17) is 14.9 Å². The highest BCUT2D eigenvalue weighted by molar-refractivity contribution is 5.95. The second-order valence-corrected chi connectivity index (χ2v) is 9.93. The number of oxazole rings is 1. The molecule has 1 aliphatic carbocycles. The van der Waals surface area contributed by atoms with Gasteiger partial charge in [-0.15, -0.1) is 0 Å². The van der Waals surface area contributed by atoms with Crippen LogP contribution in [0.25, 0.3) is 0 Å². The third-order valence-corrected chi connectivity index (χ3v) is 7.12. The van der Waals surface area contributed by atoms with Crippen molar-refractivity contribution in [3.05, 3.63) is 58.9 Å². The van der Waals surface area contributed by atoms with Crippen LogP contribution in [0, 0.1) is 6.92 Å². The molecule has 1 atom stereocenters. The zero-order chi connectivity index (χ0) is 27.8. The summed E-state index contributed by atoms with van der Waals surface area (Å²) in [5.74, 6) is 2.28. The first-order valence-corrected chi connectivity index (χ1v) is 13.5. The average molecular weight is 538 g/mol. The minimum Gasteiger partial charge on any atom is -0.469 e. The molecule has 0 aromatic carbocycles. The number of aromatic nitrogens is 3. The highest BCUT2D eigenvalue weighted by atomic mass is 16.5. The Bertz CT molecular complexity index is 1240. The number of hydrogen-bond acceptors (Lipinski definition) is 10. The zero-order valence-corrected chi connectivity index (χ0v) is 22.9. The van der Waals surface area contributed by atoms with Crippen molar-refractivity contribution in [1.82, 2.24) is 20.3 Å². The van der Waals surface area contributed by atoms with Crippen LogP contribution in [0.2, 0.25) is 0 Å². The molecule has 0 saturated heterocycles. The molecule has 0 spiro atoms. The van der Waals surface area contributed by atoms with Gasteiger partial charge >= 0.3 is 0 Å². The molecule has 4 rings (SSSR count). The fraction of sp³-hybridized carbons (Fsp3) is 0.500. The second kappa shape index (κ2) is 13.4. The molecule has 11 nitrogen and oxygen atoms in total. The highest BCUT2D eigenvalue weighted by Gasteiger charge is 2.20. The molecular weight excluding hydrogens is 498 g/mol.